The topological polar surface area (TPSA) is 30.2 Å². The monoisotopic (exact) mass is 248 g/mol. The van der Waals surface area contributed by atoms with Gasteiger partial charge in [0.1, 0.15) is 5.76 Å². The molecule has 0 fully saturated rings. The van der Waals surface area contributed by atoms with Crippen LogP contribution in [0.5, 0.6) is 0 Å². The predicted molar refractivity (Wildman–Crippen MR) is 53.7 cm³/mol. The first kappa shape index (κ1) is 9.86. The Morgan fingerprint density at radius 3 is 2.92 bits per heavy atom. The Morgan fingerprint density at radius 2 is 2.50 bits per heavy atom. The second kappa shape index (κ2) is 3.66. The molecule has 1 rings (SSSR count). The molecule has 1 aromatic heterocycles. The summed E-state index contributed by atoms with van der Waals surface area (Å²) in [6.07, 6.45) is 2.10. The Kier molecular flexibility index (Phi) is 3.01. The summed E-state index contributed by atoms with van der Waals surface area (Å²) in [6, 6.07) is 3.62. The van der Waals surface area contributed by atoms with E-state index in [4.69, 9.17) is 4.42 Å². The van der Waals surface area contributed by atoms with Gasteiger partial charge in [-0.25, -0.2) is 0 Å². The van der Waals surface area contributed by atoms with Gasteiger partial charge in [0.25, 0.3) is 0 Å². The predicted octanol–water partition coefficient (Wildman–Crippen LogP) is 2.43. The van der Waals surface area contributed by atoms with Gasteiger partial charge in [-0.05, 0) is 19.1 Å². The van der Waals surface area contributed by atoms with Crippen LogP contribution in [0.3, 0.4) is 0 Å². The molecule has 0 aliphatic rings. The van der Waals surface area contributed by atoms with E-state index < -0.39 is 4.32 Å². The standard InChI is InChI=1S/C8H9BrO2S/c1-8(9,7(10)12)5-6-3-2-4-11-6/h2-4H,5H2,1H3,(H,10,12). The van der Waals surface area contributed by atoms with Gasteiger partial charge in [-0.1, -0.05) is 15.9 Å². The van der Waals surface area contributed by atoms with Crippen LogP contribution < -0.4 is 0 Å². The van der Waals surface area contributed by atoms with E-state index in [0.717, 1.165) is 5.76 Å². The Bertz CT molecular complexity index is 267. The Morgan fingerprint density at radius 1 is 1.83 bits per heavy atom. The molecule has 0 aliphatic heterocycles. The summed E-state index contributed by atoms with van der Waals surface area (Å²) >= 11 is 7.04. The molecule has 4 heteroatoms. The Labute approximate surface area is 84.9 Å². The number of carbonyl (C=O) groups is 1. The van der Waals surface area contributed by atoms with Crippen LogP contribution in [-0.4, -0.2) is 9.44 Å². The molecule has 0 saturated carbocycles. The molecule has 1 heterocycles. The molecule has 0 bridgehead atoms. The highest BCUT2D eigenvalue weighted by Gasteiger charge is 2.28. The Balaban J connectivity index is 2.69. The lowest BCUT2D eigenvalue weighted by molar-refractivity contribution is -0.112. The summed E-state index contributed by atoms with van der Waals surface area (Å²) in [5.41, 5.74) is 0. The number of halogens is 1. The van der Waals surface area contributed by atoms with E-state index in [1.807, 2.05) is 6.07 Å². The van der Waals surface area contributed by atoms with Crippen molar-refractivity contribution < 1.29 is 9.21 Å². The third-order valence-corrected chi connectivity index (χ3v) is 2.97. The molecule has 0 saturated heterocycles. The fourth-order valence-electron chi connectivity index (χ4n) is 0.816. The largest absolute Gasteiger partial charge is 0.469 e. The van der Waals surface area contributed by atoms with E-state index in [1.54, 1.807) is 19.3 Å². The van der Waals surface area contributed by atoms with Crippen LogP contribution in [-0.2, 0) is 11.2 Å². The molecule has 1 unspecified atom stereocenters. The van der Waals surface area contributed by atoms with Crippen molar-refractivity contribution in [1.29, 1.82) is 0 Å². The molecular weight excluding hydrogens is 240 g/mol. The molecule has 0 spiro atoms. The van der Waals surface area contributed by atoms with Crippen molar-refractivity contribution in [1.82, 2.24) is 0 Å². The molecule has 12 heavy (non-hydrogen) atoms. The minimum Gasteiger partial charge on any atom is -0.469 e. The average molecular weight is 249 g/mol. The van der Waals surface area contributed by atoms with Crippen LogP contribution in [0.25, 0.3) is 0 Å². The molecule has 0 aromatic carbocycles. The normalized spacial score (nSPS) is 15.6. The number of alkyl halides is 1. The van der Waals surface area contributed by atoms with Gasteiger partial charge >= 0.3 is 0 Å². The number of hydrogen-bond acceptors (Lipinski definition) is 2. The molecule has 0 N–H and O–H groups in total. The van der Waals surface area contributed by atoms with Crippen molar-refractivity contribution in [2.45, 2.75) is 17.7 Å². The van der Waals surface area contributed by atoms with Crippen LogP contribution in [0.15, 0.2) is 22.8 Å². The smallest absolute Gasteiger partial charge is 0.202 e. The van der Waals surface area contributed by atoms with Gasteiger partial charge in [0.05, 0.1) is 10.6 Å². The number of rotatable bonds is 3. The van der Waals surface area contributed by atoms with Crippen molar-refractivity contribution in [2.75, 3.05) is 0 Å². The van der Waals surface area contributed by atoms with Crippen molar-refractivity contribution in [3.63, 3.8) is 0 Å². The minimum absolute atomic E-state index is 0.195. The zero-order valence-corrected chi connectivity index (χ0v) is 9.06. The van der Waals surface area contributed by atoms with Crippen LogP contribution in [0, 0.1) is 0 Å². The third-order valence-electron chi connectivity index (χ3n) is 1.53. The van der Waals surface area contributed by atoms with E-state index in [2.05, 4.69) is 28.6 Å². The van der Waals surface area contributed by atoms with Crippen LogP contribution in [0.1, 0.15) is 12.7 Å². The van der Waals surface area contributed by atoms with Gasteiger partial charge in [0, 0.05) is 6.42 Å². The number of thiol groups is 1. The summed E-state index contributed by atoms with van der Waals surface area (Å²) in [5, 5.41) is -0.195. The van der Waals surface area contributed by atoms with Gasteiger partial charge in [0.2, 0.25) is 5.12 Å². The number of carbonyl (C=O) groups excluding carboxylic acids is 1. The molecule has 1 atom stereocenters. The summed E-state index contributed by atoms with van der Waals surface area (Å²) in [7, 11) is 0. The lowest BCUT2D eigenvalue weighted by atomic mass is 10.1. The van der Waals surface area contributed by atoms with Gasteiger partial charge in [-0.15, -0.1) is 12.6 Å². The van der Waals surface area contributed by atoms with Crippen LogP contribution in [0.4, 0.5) is 0 Å². The summed E-state index contributed by atoms with van der Waals surface area (Å²) in [4.78, 5) is 11.0. The second-order valence-corrected chi connectivity index (χ2v) is 4.92. The highest BCUT2D eigenvalue weighted by molar-refractivity contribution is 9.10. The lowest BCUT2D eigenvalue weighted by Gasteiger charge is -2.15. The van der Waals surface area contributed by atoms with Gasteiger partial charge < -0.3 is 4.42 Å². The first-order chi connectivity index (χ1) is 5.52. The first-order valence-corrected chi connectivity index (χ1v) is 4.71. The third kappa shape index (κ3) is 2.38. The van der Waals surface area contributed by atoms with E-state index in [0.29, 0.717) is 6.42 Å². The van der Waals surface area contributed by atoms with Crippen molar-refractivity contribution >= 4 is 33.7 Å². The van der Waals surface area contributed by atoms with Crippen LogP contribution >= 0.6 is 28.6 Å². The molecular formula is C8H9BrO2S. The SMILES string of the molecule is CC(Br)(Cc1ccco1)C(=O)S. The molecule has 66 valence electrons. The van der Waals surface area contributed by atoms with E-state index >= 15 is 0 Å². The van der Waals surface area contributed by atoms with E-state index in [-0.39, 0.29) is 5.12 Å². The van der Waals surface area contributed by atoms with Crippen LogP contribution in [0.2, 0.25) is 0 Å². The van der Waals surface area contributed by atoms with E-state index in [9.17, 15) is 4.79 Å². The van der Waals surface area contributed by atoms with Gasteiger partial charge in [-0.3, -0.25) is 4.79 Å². The number of furan rings is 1. The molecule has 0 amide bonds. The molecule has 2 nitrogen and oxygen atoms in total. The maximum absolute atomic E-state index is 11.0. The highest BCUT2D eigenvalue weighted by atomic mass is 79.9. The average Bonchev–Trinajstić information content (AvgIpc) is 2.38. The quantitative estimate of drug-likeness (QED) is 0.658. The van der Waals surface area contributed by atoms with E-state index in [1.165, 1.54) is 0 Å². The number of hydrogen-bond donors (Lipinski definition) is 1. The highest BCUT2D eigenvalue weighted by Crippen LogP contribution is 2.25. The molecule has 1 aromatic rings. The van der Waals surface area contributed by atoms with Crippen molar-refractivity contribution in [2.24, 2.45) is 0 Å². The fourth-order valence-corrected chi connectivity index (χ4v) is 1.17. The Hall–Kier alpha value is -0.220. The van der Waals surface area contributed by atoms with Crippen molar-refractivity contribution in [3.05, 3.63) is 24.2 Å². The van der Waals surface area contributed by atoms with Crippen molar-refractivity contribution in [3.8, 4) is 0 Å². The zero-order valence-electron chi connectivity index (χ0n) is 6.58. The van der Waals surface area contributed by atoms with Gasteiger partial charge in [-0.2, -0.15) is 0 Å². The van der Waals surface area contributed by atoms with Gasteiger partial charge in [0.15, 0.2) is 0 Å². The molecule has 0 aliphatic carbocycles. The first-order valence-electron chi connectivity index (χ1n) is 3.47. The molecule has 0 radical (unpaired) electrons. The maximum atomic E-state index is 11.0. The summed E-state index contributed by atoms with van der Waals surface area (Å²) < 4.78 is 4.47. The zero-order chi connectivity index (χ0) is 9.19. The minimum atomic E-state index is -0.631. The fraction of sp³-hybridized carbons (Fsp3) is 0.375. The maximum Gasteiger partial charge on any atom is 0.202 e. The lowest BCUT2D eigenvalue weighted by Crippen LogP contribution is -2.26. The second-order valence-electron chi connectivity index (χ2n) is 2.76. The summed E-state index contributed by atoms with van der Waals surface area (Å²) in [5.74, 6) is 0.775. The summed E-state index contributed by atoms with van der Waals surface area (Å²) in [6.45, 7) is 1.77.